The molecule has 1 aromatic heterocycles. The lowest BCUT2D eigenvalue weighted by molar-refractivity contribution is 0.479. The lowest BCUT2D eigenvalue weighted by Gasteiger charge is -2.05. The number of nitrogens with two attached hydrogens (primary N) is 1. The number of nitrogens with zero attached hydrogens (tertiary/aromatic N) is 1. The fraction of sp³-hybridized carbons (Fsp3) is 0. The summed E-state index contributed by atoms with van der Waals surface area (Å²) < 4.78 is 6.17. The van der Waals surface area contributed by atoms with E-state index in [1.165, 1.54) is 17.5 Å². The molecule has 0 aliphatic carbocycles. The summed E-state index contributed by atoms with van der Waals surface area (Å²) in [4.78, 5) is 3.96. The van der Waals surface area contributed by atoms with Crippen LogP contribution in [0.15, 0.2) is 22.8 Å². The van der Waals surface area contributed by atoms with Gasteiger partial charge in [-0.05, 0) is 22.0 Å². The minimum absolute atomic E-state index is 0.429. The van der Waals surface area contributed by atoms with Gasteiger partial charge in [-0.15, -0.1) is 0 Å². The van der Waals surface area contributed by atoms with Crippen LogP contribution in [0.3, 0.4) is 0 Å². The molecule has 16 heavy (non-hydrogen) atoms. The first-order valence-corrected chi connectivity index (χ1v) is 6.46. The van der Waals surface area contributed by atoms with Crippen LogP contribution in [0.2, 0.25) is 10.0 Å². The second-order valence-corrected chi connectivity index (χ2v) is 5.52. The molecule has 7 heteroatoms. The first-order valence-electron chi connectivity index (χ1n) is 4.10. The Hall–Kier alpha value is -0.490. The molecule has 0 bridgehead atoms. The van der Waals surface area contributed by atoms with E-state index in [0.29, 0.717) is 30.5 Å². The van der Waals surface area contributed by atoms with Crippen LogP contribution < -0.4 is 10.5 Å². The highest BCUT2D eigenvalue weighted by atomic mass is 79.9. The molecule has 2 rings (SSSR count). The predicted octanol–water partition coefficient (Wildman–Crippen LogP) is 4.59. The third-order valence-electron chi connectivity index (χ3n) is 1.67. The third kappa shape index (κ3) is 2.60. The molecule has 0 unspecified atom stereocenters. The van der Waals surface area contributed by atoms with Gasteiger partial charge < -0.3 is 10.5 Å². The normalized spacial score (nSPS) is 10.4. The number of anilines is 1. The molecular formula is C9H5BrCl2N2OS. The Morgan fingerprint density at radius 3 is 2.69 bits per heavy atom. The summed E-state index contributed by atoms with van der Waals surface area (Å²) in [5, 5.41) is 1.97. The zero-order valence-electron chi connectivity index (χ0n) is 7.71. The van der Waals surface area contributed by atoms with Crippen molar-refractivity contribution in [2.75, 3.05) is 5.73 Å². The monoisotopic (exact) mass is 338 g/mol. The zero-order valence-corrected chi connectivity index (χ0v) is 11.6. The van der Waals surface area contributed by atoms with Crippen molar-refractivity contribution in [3.05, 3.63) is 32.8 Å². The number of hydrogen-bond donors (Lipinski definition) is 1. The second-order valence-electron chi connectivity index (χ2n) is 2.83. The molecule has 2 N–H and O–H groups in total. The molecule has 84 valence electrons. The van der Waals surface area contributed by atoms with Gasteiger partial charge in [0.1, 0.15) is 5.00 Å². The number of aromatic nitrogens is 1. The van der Waals surface area contributed by atoms with E-state index in [1.807, 2.05) is 0 Å². The summed E-state index contributed by atoms with van der Waals surface area (Å²) in [6.07, 6.45) is 1.52. The minimum Gasteiger partial charge on any atom is -0.429 e. The molecule has 0 saturated heterocycles. The van der Waals surface area contributed by atoms with Crippen LogP contribution in [0, 0.1) is 0 Å². The van der Waals surface area contributed by atoms with Crippen LogP contribution in [0.1, 0.15) is 0 Å². The van der Waals surface area contributed by atoms with Gasteiger partial charge in [-0.25, -0.2) is 4.98 Å². The van der Waals surface area contributed by atoms with Gasteiger partial charge in [0.15, 0.2) is 5.75 Å². The van der Waals surface area contributed by atoms with Gasteiger partial charge in [-0.2, -0.15) is 0 Å². The summed E-state index contributed by atoms with van der Waals surface area (Å²) in [7, 11) is 0. The van der Waals surface area contributed by atoms with Gasteiger partial charge in [0.05, 0.1) is 16.2 Å². The van der Waals surface area contributed by atoms with E-state index in [0.717, 1.165) is 0 Å². The van der Waals surface area contributed by atoms with Crippen molar-refractivity contribution in [3.63, 3.8) is 0 Å². The van der Waals surface area contributed by atoms with Gasteiger partial charge in [0.25, 0.3) is 5.19 Å². The van der Waals surface area contributed by atoms with Crippen molar-refractivity contribution in [3.8, 4) is 10.9 Å². The standard InChI is InChI=1S/C9H5BrCl2N2OS/c10-4-1-6(12)7(2-5(4)11)15-9-14-3-8(13)16-9/h1-3H,13H2. The third-order valence-corrected chi connectivity index (χ3v) is 3.87. The number of halogens is 3. The van der Waals surface area contributed by atoms with Crippen LogP contribution in [-0.4, -0.2) is 4.98 Å². The van der Waals surface area contributed by atoms with Gasteiger partial charge in [-0.3, -0.25) is 0 Å². The summed E-state index contributed by atoms with van der Waals surface area (Å²) >= 11 is 16.4. The van der Waals surface area contributed by atoms with Crippen LogP contribution in [-0.2, 0) is 0 Å². The topological polar surface area (TPSA) is 48.1 Å². The van der Waals surface area contributed by atoms with Crippen molar-refractivity contribution in [2.45, 2.75) is 0 Å². The van der Waals surface area contributed by atoms with Gasteiger partial charge in [-0.1, -0.05) is 34.5 Å². The van der Waals surface area contributed by atoms with E-state index in [-0.39, 0.29) is 0 Å². The van der Waals surface area contributed by atoms with Crippen molar-refractivity contribution in [1.82, 2.24) is 4.98 Å². The molecule has 0 radical (unpaired) electrons. The second kappa shape index (κ2) is 4.79. The van der Waals surface area contributed by atoms with Gasteiger partial charge in [0.2, 0.25) is 0 Å². The Morgan fingerprint density at radius 2 is 2.06 bits per heavy atom. The number of rotatable bonds is 2. The molecule has 0 fully saturated rings. The Labute approximate surface area is 114 Å². The highest BCUT2D eigenvalue weighted by Gasteiger charge is 2.09. The first-order chi connectivity index (χ1) is 7.56. The summed E-state index contributed by atoms with van der Waals surface area (Å²) in [5.41, 5.74) is 5.53. The molecular weight excluding hydrogens is 335 g/mol. The van der Waals surface area contributed by atoms with E-state index in [1.54, 1.807) is 12.1 Å². The molecule has 0 amide bonds. The van der Waals surface area contributed by atoms with Crippen LogP contribution in [0.4, 0.5) is 5.00 Å². The Kier molecular flexibility index (Phi) is 3.59. The number of ether oxygens (including phenoxy) is 1. The van der Waals surface area contributed by atoms with E-state index in [2.05, 4.69) is 20.9 Å². The predicted molar refractivity (Wildman–Crippen MR) is 70.8 cm³/mol. The van der Waals surface area contributed by atoms with E-state index in [4.69, 9.17) is 33.7 Å². The van der Waals surface area contributed by atoms with Crippen molar-refractivity contribution in [1.29, 1.82) is 0 Å². The fourth-order valence-electron chi connectivity index (χ4n) is 0.994. The summed E-state index contributed by atoms with van der Waals surface area (Å²) in [6, 6.07) is 3.28. The maximum Gasteiger partial charge on any atom is 0.280 e. The summed E-state index contributed by atoms with van der Waals surface area (Å²) in [6.45, 7) is 0. The molecule has 0 atom stereocenters. The quantitative estimate of drug-likeness (QED) is 0.814. The van der Waals surface area contributed by atoms with E-state index >= 15 is 0 Å². The molecule has 0 spiro atoms. The Balaban J connectivity index is 2.31. The Morgan fingerprint density at radius 1 is 1.31 bits per heavy atom. The van der Waals surface area contributed by atoms with Gasteiger partial charge >= 0.3 is 0 Å². The molecule has 1 aromatic carbocycles. The zero-order chi connectivity index (χ0) is 11.7. The SMILES string of the molecule is Nc1cnc(Oc2cc(Cl)c(Br)cc2Cl)s1. The van der Waals surface area contributed by atoms with Crippen LogP contribution in [0.5, 0.6) is 10.9 Å². The molecule has 0 aliphatic heterocycles. The highest BCUT2D eigenvalue weighted by Crippen LogP contribution is 2.37. The van der Waals surface area contributed by atoms with Crippen LogP contribution in [0.25, 0.3) is 0 Å². The van der Waals surface area contributed by atoms with Crippen molar-refractivity contribution >= 4 is 55.5 Å². The fourth-order valence-corrected chi connectivity index (χ4v) is 2.37. The minimum atomic E-state index is 0.429. The largest absolute Gasteiger partial charge is 0.429 e. The average molecular weight is 340 g/mol. The highest BCUT2D eigenvalue weighted by molar-refractivity contribution is 9.10. The molecule has 3 nitrogen and oxygen atoms in total. The molecule has 2 aromatic rings. The maximum absolute atomic E-state index is 5.99. The van der Waals surface area contributed by atoms with Crippen molar-refractivity contribution < 1.29 is 4.74 Å². The maximum atomic E-state index is 5.99. The van der Waals surface area contributed by atoms with Crippen molar-refractivity contribution in [2.24, 2.45) is 0 Å². The number of nitrogen functional groups attached to an aromatic ring is 1. The number of benzene rings is 1. The summed E-state index contributed by atoms with van der Waals surface area (Å²) in [5.74, 6) is 0.448. The number of hydrogen-bond acceptors (Lipinski definition) is 4. The van der Waals surface area contributed by atoms with Crippen LogP contribution >= 0.6 is 50.5 Å². The lowest BCUT2D eigenvalue weighted by Crippen LogP contribution is -1.84. The van der Waals surface area contributed by atoms with E-state index < -0.39 is 0 Å². The first kappa shape index (κ1) is 12.0. The lowest BCUT2D eigenvalue weighted by atomic mass is 10.3. The smallest absolute Gasteiger partial charge is 0.280 e. The average Bonchev–Trinajstić information content (AvgIpc) is 2.60. The number of thiazole rings is 1. The molecule has 0 aliphatic rings. The molecule has 0 saturated carbocycles. The van der Waals surface area contributed by atoms with E-state index in [9.17, 15) is 0 Å². The molecule has 1 heterocycles. The van der Waals surface area contributed by atoms with Gasteiger partial charge in [0, 0.05) is 10.5 Å². The Bertz CT molecular complexity index is 532.